The van der Waals surface area contributed by atoms with Crippen molar-refractivity contribution in [1.29, 1.82) is 0 Å². The smallest absolute Gasteiger partial charge is 0.251 e. The predicted octanol–water partition coefficient (Wildman–Crippen LogP) is -2.47. The van der Waals surface area contributed by atoms with Crippen molar-refractivity contribution in [3.8, 4) is 22.3 Å². The minimum atomic E-state index is -1.73. The number of rotatable bonds is 25. The molecule has 1 fully saturated rings. The first kappa shape index (κ1) is 76.5. The number of amides is 10. The van der Waals surface area contributed by atoms with Gasteiger partial charge in [-0.3, -0.25) is 52.8 Å². The SMILES string of the molecule is C[C@@H](O)C1CONCC[C@H](NC(=O)[C@H](CCN)NC(=O)C(NC(=O)[C@H](CCN)NC(=O)c2ccc(-c3ccccc3)cc2)[C@@H](C)O)C(=O)N[C@@H](CCN)C(=O)N[C@H](Cc2ccccc2)C(=O)NC(c2ccc(-c3ccccc3)cc2)C(=O)N[C@@H](CCN)C(=O)N[C@@H](CCN)C(=O)N1. The summed E-state index contributed by atoms with van der Waals surface area (Å²) in [7, 11) is 0. The second kappa shape index (κ2) is 39.5. The number of nitrogens with two attached hydrogens (primary N) is 5. The average Bonchev–Trinajstić information content (AvgIpc) is 0.856. The van der Waals surface area contributed by atoms with Gasteiger partial charge in [-0.2, -0.15) is 0 Å². The zero-order valence-corrected chi connectivity index (χ0v) is 54.4. The first-order valence-corrected chi connectivity index (χ1v) is 32.3. The van der Waals surface area contributed by atoms with Crippen LogP contribution in [0, 0.1) is 0 Å². The Morgan fingerprint density at radius 3 is 1.45 bits per heavy atom. The van der Waals surface area contributed by atoms with Crippen LogP contribution in [0.2, 0.25) is 0 Å². The number of hydrogen-bond acceptors (Lipinski definition) is 19. The summed E-state index contributed by atoms with van der Waals surface area (Å²) in [5, 5.41) is 48.1. The Kier molecular flexibility index (Phi) is 31.1. The van der Waals surface area contributed by atoms with Crippen LogP contribution < -0.4 is 87.3 Å². The van der Waals surface area contributed by atoms with Gasteiger partial charge in [0.25, 0.3) is 5.91 Å². The van der Waals surface area contributed by atoms with Crippen LogP contribution in [-0.4, -0.2) is 182 Å². The molecule has 29 nitrogen and oxygen atoms in total. The van der Waals surface area contributed by atoms with Crippen LogP contribution >= 0.6 is 0 Å². The molecule has 1 saturated heterocycles. The second-order valence-electron chi connectivity index (χ2n) is 23.4. The van der Waals surface area contributed by atoms with Crippen LogP contribution in [0.5, 0.6) is 0 Å². The maximum absolute atomic E-state index is 15.0. The highest BCUT2D eigenvalue weighted by Crippen LogP contribution is 2.24. The lowest BCUT2D eigenvalue weighted by atomic mass is 9.98. The van der Waals surface area contributed by atoms with Crippen molar-refractivity contribution < 1.29 is 63.0 Å². The molecule has 23 N–H and O–H groups in total. The van der Waals surface area contributed by atoms with E-state index in [2.05, 4.69) is 58.6 Å². The van der Waals surface area contributed by atoms with Crippen molar-refractivity contribution in [2.45, 2.75) is 131 Å². The molecule has 5 aromatic carbocycles. The Morgan fingerprint density at radius 1 is 0.495 bits per heavy atom. The first-order valence-electron chi connectivity index (χ1n) is 32.3. The van der Waals surface area contributed by atoms with Gasteiger partial charge in [-0.15, -0.1) is 0 Å². The molecule has 1 heterocycles. The van der Waals surface area contributed by atoms with Crippen LogP contribution in [0.25, 0.3) is 22.3 Å². The summed E-state index contributed by atoms with van der Waals surface area (Å²) in [6.07, 6.45) is -4.15. The number of benzene rings is 5. The zero-order chi connectivity index (χ0) is 70.4. The lowest BCUT2D eigenvalue weighted by molar-refractivity contribution is -0.136. The van der Waals surface area contributed by atoms with Gasteiger partial charge in [0.15, 0.2) is 0 Å². The summed E-state index contributed by atoms with van der Waals surface area (Å²) in [6.45, 7) is 1.21. The highest BCUT2D eigenvalue weighted by molar-refractivity contribution is 6.01. The molecule has 12 atom stereocenters. The highest BCUT2D eigenvalue weighted by Gasteiger charge is 2.37. The highest BCUT2D eigenvalue weighted by atomic mass is 16.6. The van der Waals surface area contributed by atoms with E-state index < -0.39 is 138 Å². The van der Waals surface area contributed by atoms with Gasteiger partial charge < -0.3 is 92.0 Å². The topological polar surface area (TPSA) is 483 Å². The molecule has 1 aliphatic heterocycles. The molecule has 29 heteroatoms. The van der Waals surface area contributed by atoms with Crippen LogP contribution in [0.15, 0.2) is 140 Å². The van der Waals surface area contributed by atoms with E-state index in [0.717, 1.165) is 22.3 Å². The molecule has 0 bridgehead atoms. The molecule has 0 saturated carbocycles. The normalized spacial score (nSPS) is 21.1. The lowest BCUT2D eigenvalue weighted by Crippen LogP contribution is -2.62. The number of nitrogens with one attached hydrogen (secondary N) is 11. The van der Waals surface area contributed by atoms with Crippen LogP contribution in [-0.2, 0) is 54.4 Å². The molecule has 0 radical (unpaired) electrons. The molecule has 0 aliphatic carbocycles. The monoisotopic (exact) mass is 1340 g/mol. The summed E-state index contributed by atoms with van der Waals surface area (Å²) >= 11 is 0. The molecule has 97 heavy (non-hydrogen) atoms. The van der Waals surface area contributed by atoms with E-state index in [0.29, 0.717) is 5.56 Å². The van der Waals surface area contributed by atoms with Crippen molar-refractivity contribution in [2.24, 2.45) is 28.7 Å². The van der Waals surface area contributed by atoms with Gasteiger partial charge in [0, 0.05) is 18.5 Å². The Balaban J connectivity index is 1.29. The van der Waals surface area contributed by atoms with Crippen molar-refractivity contribution in [1.82, 2.24) is 58.6 Å². The molecule has 3 unspecified atom stereocenters. The largest absolute Gasteiger partial charge is 0.391 e. The third-order valence-electron chi connectivity index (χ3n) is 16.0. The Morgan fingerprint density at radius 2 is 0.948 bits per heavy atom. The summed E-state index contributed by atoms with van der Waals surface area (Å²) in [5.74, 6) is -8.83. The molecular formula is C68H92N16O13. The van der Waals surface area contributed by atoms with Gasteiger partial charge >= 0.3 is 0 Å². The molecular weight excluding hydrogens is 1250 g/mol. The van der Waals surface area contributed by atoms with E-state index in [-0.39, 0.29) is 95.3 Å². The van der Waals surface area contributed by atoms with Gasteiger partial charge in [-0.1, -0.05) is 127 Å². The van der Waals surface area contributed by atoms with Gasteiger partial charge in [0.1, 0.15) is 54.4 Å². The number of carbonyl (C=O) groups excluding carboxylic acids is 10. The van der Waals surface area contributed by atoms with E-state index in [1.165, 1.54) is 13.8 Å². The Labute approximate surface area is 563 Å². The minimum absolute atomic E-state index is 0.0706. The molecule has 0 spiro atoms. The molecule has 0 aromatic heterocycles. The van der Waals surface area contributed by atoms with E-state index in [1.54, 1.807) is 78.9 Å². The molecule has 6 rings (SSSR count). The first-order chi connectivity index (χ1) is 46.7. The Bertz CT molecular complexity index is 3370. The number of aliphatic hydroxyl groups excluding tert-OH is 2. The molecule has 5 aromatic rings. The lowest BCUT2D eigenvalue weighted by Gasteiger charge is -2.29. The van der Waals surface area contributed by atoms with E-state index in [1.807, 2.05) is 60.7 Å². The summed E-state index contributed by atoms with van der Waals surface area (Å²) in [4.78, 5) is 149. The fourth-order valence-electron chi connectivity index (χ4n) is 10.5. The number of carbonyl (C=O) groups is 10. The summed E-state index contributed by atoms with van der Waals surface area (Å²) < 4.78 is 0. The van der Waals surface area contributed by atoms with E-state index >= 15 is 0 Å². The van der Waals surface area contributed by atoms with Gasteiger partial charge in [0.2, 0.25) is 53.2 Å². The van der Waals surface area contributed by atoms with Crippen molar-refractivity contribution >= 4 is 59.1 Å². The Hall–Kier alpha value is -9.56. The van der Waals surface area contributed by atoms with Crippen LogP contribution in [0.3, 0.4) is 0 Å². The maximum atomic E-state index is 15.0. The standard InChI is InChI=1S/C68H92N16O13/c1-40(85)56-39-97-74-37-31-54(78-61(89)51(28-34-71)79-67(95)57(41(2)86)83-65(93)53(30-36-73)75-59(87)48-24-20-46(21-25-48)44-16-10-5-11-17-44)64(92)77-49(26-32-69)62(90)81-55(38-42-12-6-3-7-13-42)66(94)84-58(47-22-18-45(19-23-47)43-14-8-4-9-15-43)68(96)80-52(29-35-72)60(88)76-50(27-33-70)63(91)82-56/h3-25,40-41,49-58,74,85-86H,26-39,69-73H2,1-2H3,(H,75,87)(H,76,88)(H,77,92)(H,78,89)(H,79,95)(H,80,96)(H,81,90)(H,82,91)(H,83,93)(H,84,94)/t40-,41-,49+,50+,51+,52+,53+,54+,55-,56?,57?,58?/m1/s1. The number of hydroxylamine groups is 1. The van der Waals surface area contributed by atoms with Crippen LogP contribution in [0.4, 0.5) is 0 Å². The average molecular weight is 1340 g/mol. The van der Waals surface area contributed by atoms with Crippen molar-refractivity contribution in [3.05, 3.63) is 156 Å². The quantitative estimate of drug-likeness (QED) is 0.0288. The van der Waals surface area contributed by atoms with E-state index in [9.17, 15) is 58.2 Å². The fraction of sp³-hybridized carbons (Fsp3) is 0.412. The summed E-state index contributed by atoms with van der Waals surface area (Å²) in [6, 6.07) is 26.2. The minimum Gasteiger partial charge on any atom is -0.391 e. The molecule has 10 amide bonds. The van der Waals surface area contributed by atoms with E-state index in [4.69, 9.17) is 33.5 Å². The molecule has 522 valence electrons. The summed E-state index contributed by atoms with van der Waals surface area (Å²) in [5.41, 5.74) is 36.9. The maximum Gasteiger partial charge on any atom is 0.251 e. The fourth-order valence-corrected chi connectivity index (χ4v) is 10.5. The van der Waals surface area contributed by atoms with Crippen LogP contribution in [0.1, 0.15) is 79.9 Å². The number of aliphatic hydroxyl groups is 2. The van der Waals surface area contributed by atoms with Gasteiger partial charge in [-0.25, -0.2) is 5.48 Å². The van der Waals surface area contributed by atoms with Crippen molar-refractivity contribution in [2.75, 3.05) is 45.9 Å². The van der Waals surface area contributed by atoms with Crippen molar-refractivity contribution in [3.63, 3.8) is 0 Å². The predicted molar refractivity (Wildman–Crippen MR) is 362 cm³/mol. The third-order valence-corrected chi connectivity index (χ3v) is 16.0. The molecule has 1 aliphatic rings. The van der Waals surface area contributed by atoms with Gasteiger partial charge in [-0.05, 0) is 131 Å². The van der Waals surface area contributed by atoms with Gasteiger partial charge in [0.05, 0.1) is 24.9 Å². The second-order valence-corrected chi connectivity index (χ2v) is 23.4. The number of hydrogen-bond donors (Lipinski definition) is 18. The third kappa shape index (κ3) is 23.6. The zero-order valence-electron chi connectivity index (χ0n) is 54.4.